The quantitative estimate of drug-likeness (QED) is 0.667. The SMILES string of the molecule is Cc1c(C#N)c2ccccn2c1C(=O)c1cccs1. The molecule has 0 radical (unpaired) electrons. The Morgan fingerprint density at radius 1 is 1.32 bits per heavy atom. The number of nitrogens with zero attached hydrogens (tertiary/aromatic N) is 2. The highest BCUT2D eigenvalue weighted by Gasteiger charge is 2.21. The average molecular weight is 266 g/mol. The van der Waals surface area contributed by atoms with Crippen LogP contribution in [-0.2, 0) is 0 Å². The molecule has 3 aromatic rings. The van der Waals surface area contributed by atoms with Gasteiger partial charge in [0.25, 0.3) is 0 Å². The van der Waals surface area contributed by atoms with Crippen LogP contribution >= 0.6 is 11.3 Å². The van der Waals surface area contributed by atoms with Crippen LogP contribution in [0.25, 0.3) is 5.52 Å². The molecule has 0 aliphatic rings. The third-order valence-electron chi connectivity index (χ3n) is 3.16. The molecule has 3 heterocycles. The molecule has 0 aliphatic heterocycles. The van der Waals surface area contributed by atoms with Gasteiger partial charge in [-0.15, -0.1) is 11.3 Å². The number of aromatic nitrogens is 1. The van der Waals surface area contributed by atoms with E-state index in [4.69, 9.17) is 0 Å². The predicted octanol–water partition coefficient (Wildman–Crippen LogP) is 3.41. The van der Waals surface area contributed by atoms with Crippen LogP contribution in [0.1, 0.15) is 26.5 Å². The van der Waals surface area contributed by atoms with Crippen LogP contribution in [0.3, 0.4) is 0 Å². The summed E-state index contributed by atoms with van der Waals surface area (Å²) in [7, 11) is 0. The first kappa shape index (κ1) is 11.7. The number of carbonyl (C=O) groups is 1. The van der Waals surface area contributed by atoms with Crippen molar-refractivity contribution < 1.29 is 4.79 Å². The Morgan fingerprint density at radius 2 is 2.16 bits per heavy atom. The molecule has 0 aromatic carbocycles. The van der Waals surface area contributed by atoms with E-state index in [0.29, 0.717) is 16.1 Å². The minimum Gasteiger partial charge on any atom is -0.312 e. The lowest BCUT2D eigenvalue weighted by atomic mass is 10.1. The predicted molar refractivity (Wildman–Crippen MR) is 74.6 cm³/mol. The Balaban J connectivity index is 2.33. The van der Waals surface area contributed by atoms with E-state index in [1.165, 1.54) is 11.3 Å². The van der Waals surface area contributed by atoms with Crippen molar-refractivity contribution in [1.82, 2.24) is 4.40 Å². The molecular formula is C15H10N2OS. The van der Waals surface area contributed by atoms with Crippen molar-refractivity contribution in [3.05, 3.63) is 63.6 Å². The van der Waals surface area contributed by atoms with Gasteiger partial charge in [-0.05, 0) is 36.1 Å². The van der Waals surface area contributed by atoms with Gasteiger partial charge < -0.3 is 4.40 Å². The zero-order valence-electron chi connectivity index (χ0n) is 10.3. The number of hydrogen-bond donors (Lipinski definition) is 0. The van der Waals surface area contributed by atoms with Gasteiger partial charge in [0.2, 0.25) is 5.78 Å². The maximum Gasteiger partial charge on any atom is 0.219 e. The van der Waals surface area contributed by atoms with E-state index in [-0.39, 0.29) is 5.78 Å². The van der Waals surface area contributed by atoms with Crippen molar-refractivity contribution in [2.75, 3.05) is 0 Å². The second kappa shape index (κ2) is 4.38. The lowest BCUT2D eigenvalue weighted by molar-refractivity contribution is 0.103. The number of thiophene rings is 1. The number of pyridine rings is 1. The normalized spacial score (nSPS) is 10.5. The van der Waals surface area contributed by atoms with Crippen molar-refractivity contribution in [3.8, 4) is 6.07 Å². The standard InChI is InChI=1S/C15H10N2OS/c1-10-11(9-16)12-5-2-3-7-17(12)14(10)15(18)13-6-4-8-19-13/h2-8H,1H3. The van der Waals surface area contributed by atoms with Crippen LogP contribution in [-0.4, -0.2) is 10.2 Å². The van der Waals surface area contributed by atoms with Gasteiger partial charge in [0.1, 0.15) is 6.07 Å². The van der Waals surface area contributed by atoms with Crippen molar-refractivity contribution in [2.24, 2.45) is 0 Å². The second-order valence-electron chi connectivity index (χ2n) is 4.22. The molecule has 3 nitrogen and oxygen atoms in total. The van der Waals surface area contributed by atoms with Crippen molar-refractivity contribution in [1.29, 1.82) is 5.26 Å². The fraction of sp³-hybridized carbons (Fsp3) is 0.0667. The van der Waals surface area contributed by atoms with Gasteiger partial charge in [-0.2, -0.15) is 5.26 Å². The Bertz CT molecular complexity index is 807. The van der Waals surface area contributed by atoms with E-state index in [9.17, 15) is 10.1 Å². The molecule has 0 bridgehead atoms. The molecule has 0 unspecified atom stereocenters. The van der Waals surface area contributed by atoms with Gasteiger partial charge in [-0.3, -0.25) is 4.79 Å². The first-order valence-electron chi connectivity index (χ1n) is 5.82. The summed E-state index contributed by atoms with van der Waals surface area (Å²) in [6, 6.07) is 11.4. The summed E-state index contributed by atoms with van der Waals surface area (Å²) < 4.78 is 1.80. The second-order valence-corrected chi connectivity index (χ2v) is 5.17. The summed E-state index contributed by atoms with van der Waals surface area (Å²) in [5.74, 6) is -0.0322. The Labute approximate surface area is 114 Å². The van der Waals surface area contributed by atoms with Crippen LogP contribution < -0.4 is 0 Å². The number of fused-ring (bicyclic) bond motifs is 1. The van der Waals surface area contributed by atoms with E-state index in [1.807, 2.05) is 42.8 Å². The minimum atomic E-state index is -0.0322. The molecule has 0 amide bonds. The van der Waals surface area contributed by atoms with Gasteiger partial charge >= 0.3 is 0 Å². The molecule has 3 rings (SSSR count). The summed E-state index contributed by atoms with van der Waals surface area (Å²) >= 11 is 1.41. The first-order chi connectivity index (χ1) is 9.24. The summed E-state index contributed by atoms with van der Waals surface area (Å²) in [6.07, 6.45) is 1.82. The fourth-order valence-corrected chi connectivity index (χ4v) is 2.94. The highest BCUT2D eigenvalue weighted by molar-refractivity contribution is 7.12. The molecule has 3 aromatic heterocycles. The van der Waals surface area contributed by atoms with Gasteiger partial charge in [-0.25, -0.2) is 0 Å². The third-order valence-corrected chi connectivity index (χ3v) is 4.03. The van der Waals surface area contributed by atoms with E-state index in [0.717, 1.165) is 11.1 Å². The van der Waals surface area contributed by atoms with Crippen LogP contribution in [0.2, 0.25) is 0 Å². The smallest absolute Gasteiger partial charge is 0.219 e. The van der Waals surface area contributed by atoms with Crippen LogP contribution in [0.5, 0.6) is 0 Å². The zero-order valence-corrected chi connectivity index (χ0v) is 11.1. The maximum absolute atomic E-state index is 12.6. The topological polar surface area (TPSA) is 45.3 Å². The Morgan fingerprint density at radius 3 is 2.84 bits per heavy atom. The molecule has 0 aliphatic carbocycles. The summed E-state index contributed by atoms with van der Waals surface area (Å²) in [5, 5.41) is 11.1. The molecule has 0 atom stereocenters. The fourth-order valence-electron chi connectivity index (χ4n) is 2.28. The van der Waals surface area contributed by atoms with Crippen LogP contribution in [0.15, 0.2) is 41.9 Å². The Kier molecular flexibility index (Phi) is 2.69. The summed E-state index contributed by atoms with van der Waals surface area (Å²) in [4.78, 5) is 13.2. The molecule has 0 fully saturated rings. The third kappa shape index (κ3) is 1.67. The molecule has 0 N–H and O–H groups in total. The number of ketones is 1. The number of carbonyl (C=O) groups excluding carboxylic acids is 1. The highest BCUT2D eigenvalue weighted by atomic mass is 32.1. The van der Waals surface area contributed by atoms with Gasteiger partial charge in [0.05, 0.1) is 21.7 Å². The molecular weight excluding hydrogens is 256 g/mol. The maximum atomic E-state index is 12.6. The minimum absolute atomic E-state index is 0.0322. The molecule has 0 saturated heterocycles. The number of hydrogen-bond acceptors (Lipinski definition) is 3. The van der Waals surface area contributed by atoms with Gasteiger partial charge in [-0.1, -0.05) is 12.1 Å². The molecule has 4 heteroatoms. The molecule has 0 saturated carbocycles. The zero-order chi connectivity index (χ0) is 13.4. The molecule has 19 heavy (non-hydrogen) atoms. The molecule has 92 valence electrons. The average Bonchev–Trinajstić information content (AvgIpc) is 3.03. The largest absolute Gasteiger partial charge is 0.312 e. The van der Waals surface area contributed by atoms with E-state index < -0.39 is 0 Å². The summed E-state index contributed by atoms with van der Waals surface area (Å²) in [6.45, 7) is 1.83. The highest BCUT2D eigenvalue weighted by Crippen LogP contribution is 2.25. The first-order valence-corrected chi connectivity index (χ1v) is 6.70. The van der Waals surface area contributed by atoms with Gasteiger partial charge in [0, 0.05) is 6.20 Å². The van der Waals surface area contributed by atoms with E-state index >= 15 is 0 Å². The number of rotatable bonds is 2. The van der Waals surface area contributed by atoms with Crippen LogP contribution in [0.4, 0.5) is 0 Å². The Hall–Kier alpha value is -2.38. The van der Waals surface area contributed by atoms with Crippen LogP contribution in [0, 0.1) is 18.3 Å². The van der Waals surface area contributed by atoms with Crippen molar-refractivity contribution >= 4 is 22.6 Å². The van der Waals surface area contributed by atoms with Crippen molar-refractivity contribution in [2.45, 2.75) is 6.92 Å². The summed E-state index contributed by atoms with van der Waals surface area (Å²) in [5.41, 5.74) is 2.67. The monoisotopic (exact) mass is 266 g/mol. The molecule has 0 spiro atoms. The van der Waals surface area contributed by atoms with Gasteiger partial charge in [0.15, 0.2) is 0 Å². The lowest BCUT2D eigenvalue weighted by Crippen LogP contribution is -2.04. The lowest BCUT2D eigenvalue weighted by Gasteiger charge is -2.01. The van der Waals surface area contributed by atoms with E-state index in [2.05, 4.69) is 6.07 Å². The number of nitriles is 1. The van der Waals surface area contributed by atoms with E-state index in [1.54, 1.807) is 10.5 Å². The van der Waals surface area contributed by atoms with Crippen molar-refractivity contribution in [3.63, 3.8) is 0 Å².